The summed E-state index contributed by atoms with van der Waals surface area (Å²) in [4.78, 5) is 0. The third-order valence-electron chi connectivity index (χ3n) is 1.02. The average molecular weight is 187 g/mol. The lowest BCUT2D eigenvalue weighted by atomic mass is 10.4. The highest BCUT2D eigenvalue weighted by Crippen LogP contribution is 2.14. The van der Waals surface area contributed by atoms with Gasteiger partial charge in [0.25, 0.3) is 0 Å². The van der Waals surface area contributed by atoms with E-state index in [1.165, 1.54) is 0 Å². The van der Waals surface area contributed by atoms with E-state index in [1.807, 2.05) is 0 Å². The van der Waals surface area contributed by atoms with Gasteiger partial charge in [-0.25, -0.2) is 0 Å². The Morgan fingerprint density at radius 1 is 1.50 bits per heavy atom. The van der Waals surface area contributed by atoms with Crippen LogP contribution in [0.25, 0.3) is 0 Å². The lowest BCUT2D eigenvalue weighted by molar-refractivity contribution is -0.178. The van der Waals surface area contributed by atoms with Crippen LogP contribution in [0.15, 0.2) is 0 Å². The number of nitrogens with one attached hydrogen (secondary N) is 1. The molecule has 0 bridgehead atoms. The van der Waals surface area contributed by atoms with Crippen LogP contribution in [0.2, 0.25) is 0 Å². The first-order valence-corrected chi connectivity index (χ1v) is 3.43. The first-order valence-electron chi connectivity index (χ1n) is 3.43. The summed E-state index contributed by atoms with van der Waals surface area (Å²) >= 11 is 0. The zero-order chi connectivity index (χ0) is 9.61. The number of rotatable bonds is 5. The Kier molecular flexibility index (Phi) is 5.19. The predicted molar refractivity (Wildman–Crippen MR) is 36.8 cm³/mol. The van der Waals surface area contributed by atoms with E-state index >= 15 is 0 Å². The molecule has 0 aliphatic heterocycles. The van der Waals surface area contributed by atoms with Gasteiger partial charge in [0, 0.05) is 6.54 Å². The van der Waals surface area contributed by atoms with Crippen molar-refractivity contribution in [1.29, 1.82) is 0 Å². The molecule has 0 aliphatic rings. The van der Waals surface area contributed by atoms with Crippen molar-refractivity contribution in [2.75, 3.05) is 26.8 Å². The molecule has 0 aromatic heterocycles. The minimum atomic E-state index is -4.32. The molecule has 3 nitrogen and oxygen atoms in total. The minimum Gasteiger partial charge on any atom is -0.389 e. The Morgan fingerprint density at radius 2 is 2.08 bits per heavy atom. The molecule has 0 spiro atoms. The topological polar surface area (TPSA) is 41.5 Å². The van der Waals surface area contributed by atoms with E-state index in [4.69, 9.17) is 5.11 Å². The molecule has 1 unspecified atom stereocenters. The zero-order valence-electron chi connectivity index (χ0n) is 6.69. The molecule has 0 aliphatic carbocycles. The van der Waals surface area contributed by atoms with Crippen LogP contribution in [0.4, 0.5) is 13.2 Å². The van der Waals surface area contributed by atoms with Crippen LogP contribution in [-0.4, -0.2) is 44.2 Å². The van der Waals surface area contributed by atoms with E-state index in [-0.39, 0.29) is 13.2 Å². The van der Waals surface area contributed by atoms with Gasteiger partial charge in [-0.15, -0.1) is 0 Å². The Bertz CT molecular complexity index is 118. The van der Waals surface area contributed by atoms with Crippen LogP contribution in [-0.2, 0) is 4.74 Å². The lowest BCUT2D eigenvalue weighted by Crippen LogP contribution is -2.30. The van der Waals surface area contributed by atoms with Crippen LogP contribution in [0, 0.1) is 0 Å². The molecule has 74 valence electrons. The smallest absolute Gasteiger partial charge is 0.389 e. The van der Waals surface area contributed by atoms with Gasteiger partial charge in [-0.2, -0.15) is 13.2 Å². The molecule has 0 rings (SSSR count). The molecule has 0 saturated heterocycles. The fourth-order valence-electron chi connectivity index (χ4n) is 0.605. The van der Waals surface area contributed by atoms with Crippen LogP contribution < -0.4 is 5.32 Å². The normalized spacial score (nSPS) is 14.8. The Labute approximate surface area is 68.5 Å². The molecule has 0 saturated carbocycles. The summed E-state index contributed by atoms with van der Waals surface area (Å²) in [7, 11) is 1.59. The second kappa shape index (κ2) is 5.34. The Hall–Kier alpha value is -0.330. The summed E-state index contributed by atoms with van der Waals surface area (Å²) in [5, 5.41) is 11.5. The SMILES string of the molecule is CNCC(O)COCC(F)(F)F. The monoisotopic (exact) mass is 187 g/mol. The molecular formula is C6H12F3NO2. The van der Waals surface area contributed by atoms with Crippen LogP contribution in [0.3, 0.4) is 0 Å². The van der Waals surface area contributed by atoms with Crippen molar-refractivity contribution in [1.82, 2.24) is 5.32 Å². The maximum absolute atomic E-state index is 11.5. The van der Waals surface area contributed by atoms with Crippen molar-refractivity contribution in [2.45, 2.75) is 12.3 Å². The molecule has 2 N–H and O–H groups in total. The van der Waals surface area contributed by atoms with Crippen molar-refractivity contribution < 1.29 is 23.0 Å². The molecule has 1 atom stereocenters. The van der Waals surface area contributed by atoms with Crippen LogP contribution >= 0.6 is 0 Å². The molecule has 0 aromatic carbocycles. The number of alkyl halides is 3. The van der Waals surface area contributed by atoms with Crippen molar-refractivity contribution >= 4 is 0 Å². The van der Waals surface area contributed by atoms with Crippen molar-refractivity contribution in [3.63, 3.8) is 0 Å². The van der Waals surface area contributed by atoms with Gasteiger partial charge >= 0.3 is 6.18 Å². The third-order valence-corrected chi connectivity index (χ3v) is 1.02. The van der Waals surface area contributed by atoms with Crippen molar-refractivity contribution in [3.05, 3.63) is 0 Å². The van der Waals surface area contributed by atoms with Gasteiger partial charge in [-0.05, 0) is 7.05 Å². The first kappa shape index (κ1) is 11.7. The highest BCUT2D eigenvalue weighted by atomic mass is 19.4. The second-order valence-electron chi connectivity index (χ2n) is 2.34. The quantitative estimate of drug-likeness (QED) is 0.643. The van der Waals surface area contributed by atoms with Crippen molar-refractivity contribution in [2.24, 2.45) is 0 Å². The number of hydrogen-bond donors (Lipinski definition) is 2. The van der Waals surface area contributed by atoms with Crippen molar-refractivity contribution in [3.8, 4) is 0 Å². The fraction of sp³-hybridized carbons (Fsp3) is 1.00. The molecular weight excluding hydrogens is 175 g/mol. The summed E-state index contributed by atoms with van der Waals surface area (Å²) in [6, 6.07) is 0. The largest absolute Gasteiger partial charge is 0.411 e. The van der Waals surface area contributed by atoms with E-state index < -0.39 is 18.9 Å². The zero-order valence-corrected chi connectivity index (χ0v) is 6.69. The molecule has 0 heterocycles. The number of aliphatic hydroxyl groups excluding tert-OH is 1. The van der Waals surface area contributed by atoms with E-state index in [0.717, 1.165) is 0 Å². The fourth-order valence-corrected chi connectivity index (χ4v) is 0.605. The van der Waals surface area contributed by atoms with E-state index in [2.05, 4.69) is 10.1 Å². The second-order valence-corrected chi connectivity index (χ2v) is 2.34. The van der Waals surface area contributed by atoms with E-state index in [0.29, 0.717) is 0 Å². The standard InChI is InChI=1S/C6H12F3NO2/c1-10-2-5(11)3-12-4-6(7,8)9/h5,10-11H,2-4H2,1H3. The minimum absolute atomic E-state index is 0.220. The van der Waals surface area contributed by atoms with Gasteiger partial charge in [0.15, 0.2) is 0 Å². The van der Waals surface area contributed by atoms with Gasteiger partial charge in [-0.1, -0.05) is 0 Å². The molecule has 6 heteroatoms. The summed E-state index contributed by atoms with van der Waals surface area (Å²) in [6.45, 7) is -1.40. The van der Waals surface area contributed by atoms with Gasteiger partial charge in [0.1, 0.15) is 6.61 Å². The third kappa shape index (κ3) is 7.77. The summed E-state index contributed by atoms with van der Waals surface area (Å²) < 4.78 is 38.6. The number of ether oxygens (including phenoxy) is 1. The number of likely N-dealkylation sites (N-methyl/N-ethyl adjacent to an activating group) is 1. The summed E-state index contributed by atoms with van der Waals surface area (Å²) in [5.41, 5.74) is 0. The number of aliphatic hydroxyl groups is 1. The van der Waals surface area contributed by atoms with Crippen LogP contribution in [0.1, 0.15) is 0 Å². The average Bonchev–Trinajstić information content (AvgIpc) is 1.84. The lowest BCUT2D eigenvalue weighted by Gasteiger charge is -2.11. The van der Waals surface area contributed by atoms with Gasteiger partial charge < -0.3 is 15.2 Å². The van der Waals surface area contributed by atoms with E-state index in [9.17, 15) is 13.2 Å². The maximum atomic E-state index is 11.5. The highest BCUT2D eigenvalue weighted by Gasteiger charge is 2.27. The molecule has 0 radical (unpaired) electrons. The summed E-state index contributed by atoms with van der Waals surface area (Å²) in [5.74, 6) is 0. The molecule has 0 amide bonds. The highest BCUT2D eigenvalue weighted by molar-refractivity contribution is 4.56. The maximum Gasteiger partial charge on any atom is 0.411 e. The molecule has 0 aromatic rings. The Morgan fingerprint density at radius 3 is 2.50 bits per heavy atom. The number of hydrogen-bond acceptors (Lipinski definition) is 3. The van der Waals surface area contributed by atoms with Gasteiger partial charge in [-0.3, -0.25) is 0 Å². The number of halogens is 3. The predicted octanol–water partition coefficient (Wildman–Crippen LogP) is 0.146. The van der Waals surface area contributed by atoms with Gasteiger partial charge in [0.2, 0.25) is 0 Å². The molecule has 12 heavy (non-hydrogen) atoms. The van der Waals surface area contributed by atoms with Crippen LogP contribution in [0.5, 0.6) is 0 Å². The Balaban J connectivity index is 3.31. The summed E-state index contributed by atoms with van der Waals surface area (Å²) in [6.07, 6.45) is -5.21. The molecule has 0 fully saturated rings. The van der Waals surface area contributed by atoms with Gasteiger partial charge in [0.05, 0.1) is 12.7 Å². The first-order chi connectivity index (χ1) is 5.45. The van der Waals surface area contributed by atoms with E-state index in [1.54, 1.807) is 7.05 Å².